The van der Waals surface area contributed by atoms with E-state index in [0.29, 0.717) is 24.1 Å². The molecule has 0 unspecified atom stereocenters. The molecule has 0 aliphatic carbocycles. The summed E-state index contributed by atoms with van der Waals surface area (Å²) in [5, 5.41) is 7.94. The molecule has 0 atom stereocenters. The van der Waals surface area contributed by atoms with Crippen LogP contribution in [0.2, 0.25) is 0 Å². The summed E-state index contributed by atoms with van der Waals surface area (Å²) in [5.74, 6) is 1.61. The van der Waals surface area contributed by atoms with Crippen molar-refractivity contribution in [3.63, 3.8) is 0 Å². The van der Waals surface area contributed by atoms with Crippen LogP contribution >= 0.6 is 27.5 Å². The Morgan fingerprint density at radius 1 is 1.38 bits per heavy atom. The molecule has 0 fully saturated rings. The molecule has 0 aliphatic rings. The Hall–Kier alpha value is -0.870. The van der Waals surface area contributed by atoms with Gasteiger partial charge in [0.2, 0.25) is 11.8 Å². The molecular weight excluding hydrogens is 291 g/mol. The Morgan fingerprint density at radius 3 is 2.88 bits per heavy atom. The number of aromatic nitrogens is 2. The van der Waals surface area contributed by atoms with Gasteiger partial charge in [0.25, 0.3) is 0 Å². The largest absolute Gasteiger partial charge is 0.421 e. The third-order valence-corrected chi connectivity index (χ3v) is 2.88. The normalized spacial score (nSPS) is 10.7. The van der Waals surface area contributed by atoms with Gasteiger partial charge in [-0.3, -0.25) is 0 Å². The number of aryl methyl sites for hydroxylation is 2. The summed E-state index contributed by atoms with van der Waals surface area (Å²) in [7, 11) is 0. The summed E-state index contributed by atoms with van der Waals surface area (Å²) in [6.45, 7) is 2.01. The SMILES string of the molecule is Cc1cc(Br)ccc1-c1nnc(CCCl)o1. The van der Waals surface area contributed by atoms with Gasteiger partial charge in [-0.25, -0.2) is 0 Å². The molecule has 2 aromatic rings. The van der Waals surface area contributed by atoms with Gasteiger partial charge in [-0.15, -0.1) is 21.8 Å². The Labute approximate surface area is 107 Å². The van der Waals surface area contributed by atoms with Crippen molar-refractivity contribution in [3.05, 3.63) is 34.1 Å². The second-order valence-electron chi connectivity index (χ2n) is 3.40. The maximum atomic E-state index is 5.61. The Bertz CT molecular complexity index is 498. The van der Waals surface area contributed by atoms with Gasteiger partial charge < -0.3 is 4.42 Å². The summed E-state index contributed by atoms with van der Waals surface area (Å²) in [5.41, 5.74) is 2.05. The monoisotopic (exact) mass is 300 g/mol. The molecule has 0 N–H and O–H groups in total. The van der Waals surface area contributed by atoms with Gasteiger partial charge >= 0.3 is 0 Å². The van der Waals surface area contributed by atoms with E-state index in [-0.39, 0.29) is 0 Å². The highest BCUT2D eigenvalue weighted by atomic mass is 79.9. The first-order valence-corrected chi connectivity index (χ1v) is 6.18. The Morgan fingerprint density at radius 2 is 2.19 bits per heavy atom. The number of hydrogen-bond donors (Lipinski definition) is 0. The maximum absolute atomic E-state index is 5.61. The highest BCUT2D eigenvalue weighted by Crippen LogP contribution is 2.25. The van der Waals surface area contributed by atoms with Crippen LogP contribution in [0.15, 0.2) is 27.1 Å². The molecule has 1 aromatic carbocycles. The van der Waals surface area contributed by atoms with Crippen LogP contribution in [0.3, 0.4) is 0 Å². The van der Waals surface area contributed by atoms with E-state index in [1.54, 1.807) is 0 Å². The molecule has 0 amide bonds. The van der Waals surface area contributed by atoms with Gasteiger partial charge in [-0.2, -0.15) is 0 Å². The lowest BCUT2D eigenvalue weighted by Crippen LogP contribution is -1.84. The van der Waals surface area contributed by atoms with Crippen LogP contribution in [0.5, 0.6) is 0 Å². The standard InChI is InChI=1S/C11H10BrClN2O/c1-7-6-8(12)2-3-9(7)11-15-14-10(16-11)4-5-13/h2-3,6H,4-5H2,1H3. The highest BCUT2D eigenvalue weighted by molar-refractivity contribution is 9.10. The minimum absolute atomic E-state index is 0.487. The van der Waals surface area contributed by atoms with Gasteiger partial charge in [-0.1, -0.05) is 15.9 Å². The van der Waals surface area contributed by atoms with Crippen LogP contribution in [-0.2, 0) is 6.42 Å². The van der Waals surface area contributed by atoms with E-state index >= 15 is 0 Å². The van der Waals surface area contributed by atoms with E-state index in [9.17, 15) is 0 Å². The number of nitrogens with zero attached hydrogens (tertiary/aromatic N) is 2. The number of benzene rings is 1. The lowest BCUT2D eigenvalue weighted by atomic mass is 10.1. The van der Waals surface area contributed by atoms with Gasteiger partial charge in [0.1, 0.15) is 0 Å². The molecule has 3 nitrogen and oxygen atoms in total. The third-order valence-electron chi connectivity index (χ3n) is 2.19. The van der Waals surface area contributed by atoms with Crippen LogP contribution < -0.4 is 0 Å². The predicted octanol–water partition coefficient (Wildman–Crippen LogP) is 3.59. The van der Waals surface area contributed by atoms with Gasteiger partial charge in [-0.05, 0) is 30.7 Å². The number of rotatable bonds is 3. The lowest BCUT2D eigenvalue weighted by molar-refractivity contribution is 0.513. The van der Waals surface area contributed by atoms with Gasteiger partial charge in [0, 0.05) is 22.3 Å². The summed E-state index contributed by atoms with van der Waals surface area (Å²) < 4.78 is 6.55. The van der Waals surface area contributed by atoms with Crippen molar-refractivity contribution in [2.24, 2.45) is 0 Å². The Balaban J connectivity index is 2.35. The molecule has 84 valence electrons. The molecule has 2 rings (SSSR count). The number of alkyl halides is 1. The van der Waals surface area contributed by atoms with Crippen molar-refractivity contribution in [3.8, 4) is 11.5 Å². The van der Waals surface area contributed by atoms with Gasteiger partial charge in [0.15, 0.2) is 0 Å². The molecular formula is C11H10BrClN2O. The summed E-state index contributed by atoms with van der Waals surface area (Å²) in [4.78, 5) is 0. The zero-order valence-electron chi connectivity index (χ0n) is 8.70. The first-order valence-electron chi connectivity index (χ1n) is 4.85. The van der Waals surface area contributed by atoms with Crippen LogP contribution in [0.1, 0.15) is 11.5 Å². The molecule has 1 heterocycles. The van der Waals surface area contributed by atoms with Crippen LogP contribution in [0.25, 0.3) is 11.5 Å². The van der Waals surface area contributed by atoms with Crippen molar-refractivity contribution in [1.29, 1.82) is 0 Å². The second kappa shape index (κ2) is 4.97. The molecule has 0 bridgehead atoms. The number of halogens is 2. The Kier molecular flexibility index (Phi) is 3.61. The molecule has 5 heteroatoms. The van der Waals surface area contributed by atoms with Crippen LogP contribution in [0, 0.1) is 6.92 Å². The summed E-state index contributed by atoms with van der Waals surface area (Å²) >= 11 is 9.02. The molecule has 0 aliphatic heterocycles. The van der Waals surface area contributed by atoms with Crippen LogP contribution in [-0.4, -0.2) is 16.1 Å². The maximum Gasteiger partial charge on any atom is 0.248 e. The highest BCUT2D eigenvalue weighted by Gasteiger charge is 2.10. The molecule has 0 spiro atoms. The molecule has 0 saturated heterocycles. The van der Waals surface area contributed by atoms with Gasteiger partial charge in [0.05, 0.1) is 0 Å². The molecule has 0 saturated carbocycles. The van der Waals surface area contributed by atoms with Crippen molar-refractivity contribution in [1.82, 2.24) is 10.2 Å². The fourth-order valence-electron chi connectivity index (χ4n) is 1.41. The fraction of sp³-hybridized carbons (Fsp3) is 0.273. The minimum atomic E-state index is 0.487. The quantitative estimate of drug-likeness (QED) is 0.813. The van der Waals surface area contributed by atoms with Crippen molar-refractivity contribution >= 4 is 27.5 Å². The van der Waals surface area contributed by atoms with E-state index in [1.807, 2.05) is 25.1 Å². The molecule has 0 radical (unpaired) electrons. The van der Waals surface area contributed by atoms with Crippen molar-refractivity contribution in [2.45, 2.75) is 13.3 Å². The average Bonchev–Trinajstić information content (AvgIpc) is 2.67. The first-order chi connectivity index (χ1) is 7.70. The topological polar surface area (TPSA) is 38.9 Å². The lowest BCUT2D eigenvalue weighted by Gasteiger charge is -2.00. The van der Waals surface area contributed by atoms with E-state index in [0.717, 1.165) is 15.6 Å². The van der Waals surface area contributed by atoms with Crippen molar-refractivity contribution in [2.75, 3.05) is 5.88 Å². The smallest absolute Gasteiger partial charge is 0.248 e. The number of hydrogen-bond acceptors (Lipinski definition) is 3. The first kappa shape index (κ1) is 11.6. The van der Waals surface area contributed by atoms with E-state index < -0.39 is 0 Å². The zero-order valence-corrected chi connectivity index (χ0v) is 11.0. The average molecular weight is 302 g/mol. The van der Waals surface area contributed by atoms with Crippen LogP contribution in [0.4, 0.5) is 0 Å². The predicted molar refractivity (Wildman–Crippen MR) is 66.6 cm³/mol. The molecule has 16 heavy (non-hydrogen) atoms. The van der Waals surface area contributed by atoms with E-state index in [4.69, 9.17) is 16.0 Å². The fourth-order valence-corrected chi connectivity index (χ4v) is 2.05. The van der Waals surface area contributed by atoms with E-state index in [2.05, 4.69) is 26.1 Å². The third kappa shape index (κ3) is 2.44. The minimum Gasteiger partial charge on any atom is -0.421 e. The van der Waals surface area contributed by atoms with E-state index in [1.165, 1.54) is 0 Å². The summed E-state index contributed by atoms with van der Waals surface area (Å²) in [6, 6.07) is 5.92. The second-order valence-corrected chi connectivity index (χ2v) is 4.69. The summed E-state index contributed by atoms with van der Waals surface area (Å²) in [6.07, 6.45) is 0.601. The zero-order chi connectivity index (χ0) is 11.5. The molecule has 1 aromatic heterocycles. The van der Waals surface area contributed by atoms with Crippen molar-refractivity contribution < 1.29 is 4.42 Å².